The predicted molar refractivity (Wildman–Crippen MR) is 82.9 cm³/mol. The lowest BCUT2D eigenvalue weighted by Gasteiger charge is -2.17. The van der Waals surface area contributed by atoms with Crippen molar-refractivity contribution in [2.75, 3.05) is 7.11 Å². The van der Waals surface area contributed by atoms with Crippen LogP contribution < -0.4 is 10.1 Å². The minimum Gasteiger partial charge on any atom is -0.496 e. The molecule has 106 valence electrons. The second-order valence-electron chi connectivity index (χ2n) is 4.54. The molecule has 1 amide bonds. The van der Waals surface area contributed by atoms with Crippen molar-refractivity contribution < 1.29 is 9.53 Å². The highest BCUT2D eigenvalue weighted by Crippen LogP contribution is 2.27. The van der Waals surface area contributed by atoms with E-state index < -0.39 is 0 Å². The maximum Gasteiger partial charge on any atom is 0.261 e. The van der Waals surface area contributed by atoms with Crippen LogP contribution in [-0.2, 0) is 0 Å². The Bertz CT molecular complexity index is 624. The molecular formula is C15H16ClNO2S. The van der Waals surface area contributed by atoms with Crippen molar-refractivity contribution in [1.29, 1.82) is 0 Å². The van der Waals surface area contributed by atoms with Crippen LogP contribution in [0.3, 0.4) is 0 Å². The summed E-state index contributed by atoms with van der Waals surface area (Å²) >= 11 is 7.11. The predicted octanol–water partition coefficient (Wildman–Crippen LogP) is 4.21. The Morgan fingerprint density at radius 3 is 2.70 bits per heavy atom. The Hall–Kier alpha value is -1.52. The fourth-order valence-corrected chi connectivity index (χ4v) is 2.92. The van der Waals surface area contributed by atoms with Crippen molar-refractivity contribution in [1.82, 2.24) is 5.32 Å². The second-order valence-corrected chi connectivity index (χ2v) is 6.26. The number of nitrogens with one attached hydrogen (secondary N) is 1. The van der Waals surface area contributed by atoms with Gasteiger partial charge in [0.15, 0.2) is 0 Å². The number of aryl methyl sites for hydroxylation is 1. The van der Waals surface area contributed by atoms with Gasteiger partial charge in [-0.05, 0) is 32.0 Å². The van der Waals surface area contributed by atoms with E-state index in [2.05, 4.69) is 5.32 Å². The molecule has 0 radical (unpaired) electrons. The van der Waals surface area contributed by atoms with Gasteiger partial charge in [0.05, 0.1) is 22.4 Å². The summed E-state index contributed by atoms with van der Waals surface area (Å²) in [6.45, 7) is 3.95. The van der Waals surface area contributed by atoms with Gasteiger partial charge in [-0.25, -0.2) is 0 Å². The zero-order valence-electron chi connectivity index (χ0n) is 11.6. The molecule has 0 bridgehead atoms. The van der Waals surface area contributed by atoms with Gasteiger partial charge in [0, 0.05) is 5.56 Å². The lowest BCUT2D eigenvalue weighted by molar-refractivity contribution is 0.0943. The van der Waals surface area contributed by atoms with Gasteiger partial charge in [0.2, 0.25) is 0 Å². The molecule has 1 aromatic carbocycles. The Morgan fingerprint density at radius 1 is 1.35 bits per heavy atom. The van der Waals surface area contributed by atoms with Crippen molar-refractivity contribution in [2.24, 2.45) is 0 Å². The van der Waals surface area contributed by atoms with Crippen molar-refractivity contribution in [3.63, 3.8) is 0 Å². The third-order valence-electron chi connectivity index (χ3n) is 3.00. The molecular weight excluding hydrogens is 294 g/mol. The van der Waals surface area contributed by atoms with Crippen LogP contribution in [0.5, 0.6) is 5.75 Å². The summed E-state index contributed by atoms with van der Waals surface area (Å²) in [5.41, 5.74) is 2.09. The van der Waals surface area contributed by atoms with Crippen LogP contribution in [0.15, 0.2) is 30.3 Å². The third kappa shape index (κ3) is 3.32. The van der Waals surface area contributed by atoms with Crippen LogP contribution in [0.2, 0.25) is 4.34 Å². The Balaban J connectivity index is 2.17. The van der Waals surface area contributed by atoms with E-state index >= 15 is 0 Å². The number of rotatable bonds is 4. The molecule has 0 aliphatic carbocycles. The van der Waals surface area contributed by atoms with E-state index in [0.29, 0.717) is 9.21 Å². The molecule has 0 saturated heterocycles. The number of methoxy groups -OCH3 is 1. The normalized spacial score (nSPS) is 12.0. The number of carbonyl (C=O) groups excluding carboxylic acids is 1. The molecule has 0 saturated carbocycles. The molecule has 5 heteroatoms. The number of benzene rings is 1. The topological polar surface area (TPSA) is 38.3 Å². The molecule has 2 rings (SSSR count). The summed E-state index contributed by atoms with van der Waals surface area (Å²) in [7, 11) is 1.63. The molecule has 0 spiro atoms. The van der Waals surface area contributed by atoms with Gasteiger partial charge in [0.1, 0.15) is 5.75 Å². The summed E-state index contributed by atoms with van der Waals surface area (Å²) in [6.07, 6.45) is 0. The first-order valence-corrected chi connectivity index (χ1v) is 7.41. The van der Waals surface area contributed by atoms with E-state index in [-0.39, 0.29) is 11.9 Å². The minimum absolute atomic E-state index is 0.127. The number of hydrogen-bond acceptors (Lipinski definition) is 3. The monoisotopic (exact) mass is 309 g/mol. The van der Waals surface area contributed by atoms with Gasteiger partial charge < -0.3 is 10.1 Å². The standard InChI is InChI=1S/C15H16ClNO2S/c1-9-4-5-12(19-3)11(8-9)10(2)17-15(18)13-6-7-14(16)20-13/h4-8,10H,1-3H3,(H,17,18)/t10-/m1/s1. The molecule has 3 nitrogen and oxygen atoms in total. The summed E-state index contributed by atoms with van der Waals surface area (Å²) in [5, 5.41) is 2.96. The summed E-state index contributed by atoms with van der Waals surface area (Å²) in [5.74, 6) is 0.644. The highest BCUT2D eigenvalue weighted by molar-refractivity contribution is 7.17. The van der Waals surface area contributed by atoms with Crippen molar-refractivity contribution in [3.8, 4) is 5.75 Å². The number of thiophene rings is 1. The van der Waals surface area contributed by atoms with Crippen molar-refractivity contribution in [2.45, 2.75) is 19.9 Å². The number of hydrogen-bond donors (Lipinski definition) is 1. The maximum atomic E-state index is 12.1. The largest absolute Gasteiger partial charge is 0.496 e. The number of amides is 1. The summed E-state index contributed by atoms with van der Waals surface area (Å²) in [6, 6.07) is 9.22. The van der Waals surface area contributed by atoms with Gasteiger partial charge >= 0.3 is 0 Å². The van der Waals surface area contributed by atoms with Gasteiger partial charge in [-0.2, -0.15) is 0 Å². The van der Waals surface area contributed by atoms with E-state index in [1.807, 2.05) is 32.0 Å². The summed E-state index contributed by atoms with van der Waals surface area (Å²) < 4.78 is 5.95. The van der Waals surface area contributed by atoms with E-state index in [4.69, 9.17) is 16.3 Å². The van der Waals surface area contributed by atoms with Gasteiger partial charge in [-0.1, -0.05) is 29.3 Å². The average molecular weight is 310 g/mol. The third-order valence-corrected chi connectivity index (χ3v) is 4.23. The SMILES string of the molecule is COc1ccc(C)cc1[C@@H](C)NC(=O)c1ccc(Cl)s1. The smallest absolute Gasteiger partial charge is 0.261 e. The second kappa shape index (κ2) is 6.29. The number of ether oxygens (including phenoxy) is 1. The molecule has 1 N–H and O–H groups in total. The highest BCUT2D eigenvalue weighted by atomic mass is 35.5. The fourth-order valence-electron chi connectivity index (χ4n) is 1.97. The first kappa shape index (κ1) is 14.9. The summed E-state index contributed by atoms with van der Waals surface area (Å²) in [4.78, 5) is 12.7. The van der Waals surface area contributed by atoms with Gasteiger partial charge in [-0.3, -0.25) is 4.79 Å². The van der Waals surface area contributed by atoms with Crippen molar-refractivity contribution in [3.05, 3.63) is 50.7 Å². The van der Waals surface area contributed by atoms with E-state index in [1.54, 1.807) is 19.2 Å². The molecule has 2 aromatic rings. The quantitative estimate of drug-likeness (QED) is 0.918. The van der Waals surface area contributed by atoms with Crippen LogP contribution >= 0.6 is 22.9 Å². The zero-order chi connectivity index (χ0) is 14.7. The number of carbonyl (C=O) groups is 1. The lowest BCUT2D eigenvalue weighted by Crippen LogP contribution is -2.26. The first-order chi connectivity index (χ1) is 9.51. The van der Waals surface area contributed by atoms with E-state index in [9.17, 15) is 4.79 Å². The molecule has 1 aromatic heterocycles. The maximum absolute atomic E-state index is 12.1. The van der Waals surface area contributed by atoms with Gasteiger partial charge in [-0.15, -0.1) is 11.3 Å². The molecule has 0 aliphatic heterocycles. The average Bonchev–Trinajstić information content (AvgIpc) is 2.85. The van der Waals surface area contributed by atoms with Crippen LogP contribution in [0.4, 0.5) is 0 Å². The van der Waals surface area contributed by atoms with Crippen LogP contribution in [0.1, 0.15) is 33.8 Å². The van der Waals surface area contributed by atoms with Crippen LogP contribution in [0, 0.1) is 6.92 Å². The molecule has 20 heavy (non-hydrogen) atoms. The van der Waals surface area contributed by atoms with Crippen molar-refractivity contribution >= 4 is 28.8 Å². The van der Waals surface area contributed by atoms with Gasteiger partial charge in [0.25, 0.3) is 5.91 Å². The number of halogens is 1. The van der Waals surface area contributed by atoms with E-state index in [0.717, 1.165) is 16.9 Å². The van der Waals surface area contributed by atoms with E-state index in [1.165, 1.54) is 11.3 Å². The Labute approximate surface area is 127 Å². The Morgan fingerprint density at radius 2 is 2.10 bits per heavy atom. The molecule has 0 unspecified atom stereocenters. The highest BCUT2D eigenvalue weighted by Gasteiger charge is 2.16. The van der Waals surface area contributed by atoms with Crippen LogP contribution in [0.25, 0.3) is 0 Å². The molecule has 0 fully saturated rings. The molecule has 1 atom stereocenters. The first-order valence-electron chi connectivity index (χ1n) is 6.22. The fraction of sp³-hybridized carbons (Fsp3) is 0.267. The Kier molecular flexibility index (Phi) is 4.68. The zero-order valence-corrected chi connectivity index (χ0v) is 13.1. The van der Waals surface area contributed by atoms with Crippen LogP contribution in [-0.4, -0.2) is 13.0 Å². The lowest BCUT2D eigenvalue weighted by atomic mass is 10.0. The molecule has 1 heterocycles. The molecule has 0 aliphatic rings. The minimum atomic E-state index is -0.141.